The van der Waals surface area contributed by atoms with Crippen LogP contribution in [0, 0.1) is 5.92 Å². The first-order valence-electron chi connectivity index (χ1n) is 3.49. The number of allylic oxidation sites excluding steroid dienone is 3. The molecule has 10 heavy (non-hydrogen) atoms. The molecule has 0 saturated carbocycles. The van der Waals surface area contributed by atoms with Gasteiger partial charge in [0.15, 0.2) is 0 Å². The normalized spacial score (nSPS) is 27.9. The fourth-order valence-electron chi connectivity index (χ4n) is 1.00. The van der Waals surface area contributed by atoms with E-state index in [1.54, 1.807) is 0 Å². The summed E-state index contributed by atoms with van der Waals surface area (Å²) in [4.78, 5) is 0. The molecule has 0 saturated heterocycles. The maximum absolute atomic E-state index is 5.72. The molecule has 1 aliphatic rings. The molecular weight excluding hydrogens is 146 g/mol. The van der Waals surface area contributed by atoms with Crippen LogP contribution < -0.4 is 5.73 Å². The highest BCUT2D eigenvalue weighted by atomic mass is 35.5. The summed E-state index contributed by atoms with van der Waals surface area (Å²) in [5.74, 6) is 0.475. The lowest BCUT2D eigenvalue weighted by molar-refractivity contribution is 0.537. The minimum Gasteiger partial charge on any atom is -0.327 e. The number of nitrogens with two attached hydrogens (primary N) is 1. The van der Waals surface area contributed by atoms with Crippen LogP contribution in [-0.4, -0.2) is 6.04 Å². The molecule has 0 aromatic heterocycles. The molecule has 1 aliphatic carbocycles. The van der Waals surface area contributed by atoms with Crippen molar-refractivity contribution in [3.63, 3.8) is 0 Å². The van der Waals surface area contributed by atoms with Crippen molar-refractivity contribution in [2.45, 2.75) is 19.4 Å². The molecule has 1 unspecified atom stereocenters. The smallest absolute Gasteiger partial charge is 0.0363 e. The van der Waals surface area contributed by atoms with Crippen molar-refractivity contribution in [3.8, 4) is 0 Å². The van der Waals surface area contributed by atoms with Gasteiger partial charge in [0, 0.05) is 11.1 Å². The Morgan fingerprint density at radius 2 is 2.50 bits per heavy atom. The Bertz CT molecular complexity index is 170. The molecule has 2 N–H and O–H groups in total. The summed E-state index contributed by atoms with van der Waals surface area (Å²) in [6.45, 7) is 2.02. The van der Waals surface area contributed by atoms with E-state index in [-0.39, 0.29) is 6.04 Å². The zero-order valence-corrected chi connectivity index (χ0v) is 6.81. The zero-order valence-electron chi connectivity index (χ0n) is 6.05. The maximum atomic E-state index is 5.72. The topological polar surface area (TPSA) is 26.0 Å². The van der Waals surface area contributed by atoms with Crippen LogP contribution >= 0.6 is 11.6 Å². The Balaban J connectivity index is 2.52. The molecule has 0 amide bonds. The van der Waals surface area contributed by atoms with Crippen LogP contribution in [0.4, 0.5) is 0 Å². The van der Waals surface area contributed by atoms with E-state index in [0.717, 1.165) is 11.5 Å². The predicted octanol–water partition coefficient (Wildman–Crippen LogP) is 2.03. The van der Waals surface area contributed by atoms with Crippen LogP contribution in [0.3, 0.4) is 0 Å². The summed E-state index contributed by atoms with van der Waals surface area (Å²) in [5.41, 5.74) is 5.69. The Hall–Kier alpha value is -0.270. The summed E-state index contributed by atoms with van der Waals surface area (Å²) >= 11 is 5.72. The summed E-state index contributed by atoms with van der Waals surface area (Å²) in [7, 11) is 0. The highest BCUT2D eigenvalue weighted by Crippen LogP contribution is 2.20. The molecule has 0 bridgehead atoms. The van der Waals surface area contributed by atoms with Crippen LogP contribution in [0.25, 0.3) is 0 Å². The van der Waals surface area contributed by atoms with E-state index in [9.17, 15) is 0 Å². The van der Waals surface area contributed by atoms with Crippen molar-refractivity contribution in [2.75, 3.05) is 0 Å². The molecule has 0 fully saturated rings. The van der Waals surface area contributed by atoms with Gasteiger partial charge in [-0.25, -0.2) is 0 Å². The highest BCUT2D eigenvalue weighted by Gasteiger charge is 2.11. The van der Waals surface area contributed by atoms with Crippen LogP contribution in [0.15, 0.2) is 23.3 Å². The molecule has 0 spiro atoms. The fraction of sp³-hybridized carbons (Fsp3) is 0.500. The van der Waals surface area contributed by atoms with Gasteiger partial charge in [-0.1, -0.05) is 23.8 Å². The lowest BCUT2D eigenvalue weighted by Gasteiger charge is -2.17. The van der Waals surface area contributed by atoms with E-state index < -0.39 is 0 Å². The van der Waals surface area contributed by atoms with Crippen molar-refractivity contribution in [2.24, 2.45) is 11.7 Å². The third kappa shape index (κ3) is 1.86. The van der Waals surface area contributed by atoms with E-state index in [2.05, 4.69) is 6.08 Å². The molecule has 1 nitrogen and oxygen atoms in total. The summed E-state index contributed by atoms with van der Waals surface area (Å²) in [6, 6.07) is 0.234. The minimum absolute atomic E-state index is 0.234. The molecule has 0 heterocycles. The van der Waals surface area contributed by atoms with Gasteiger partial charge >= 0.3 is 0 Å². The van der Waals surface area contributed by atoms with Crippen molar-refractivity contribution in [1.82, 2.24) is 0 Å². The molecule has 0 aromatic carbocycles. The van der Waals surface area contributed by atoms with Crippen LogP contribution in [-0.2, 0) is 0 Å². The molecule has 0 aromatic rings. The van der Waals surface area contributed by atoms with Gasteiger partial charge in [-0.05, 0) is 25.3 Å². The maximum Gasteiger partial charge on any atom is 0.0363 e. The third-order valence-corrected chi connectivity index (χ3v) is 2.04. The number of rotatable bonds is 1. The van der Waals surface area contributed by atoms with E-state index in [4.69, 9.17) is 17.3 Å². The van der Waals surface area contributed by atoms with Crippen molar-refractivity contribution >= 4 is 11.6 Å². The van der Waals surface area contributed by atoms with Gasteiger partial charge in [-0.15, -0.1) is 0 Å². The number of halogens is 1. The summed E-state index contributed by atoms with van der Waals surface area (Å²) < 4.78 is 0. The van der Waals surface area contributed by atoms with Crippen molar-refractivity contribution in [1.29, 1.82) is 0 Å². The lowest BCUT2D eigenvalue weighted by atomic mass is 9.95. The second-order valence-corrected chi connectivity index (χ2v) is 3.14. The average molecular weight is 158 g/mol. The van der Waals surface area contributed by atoms with Gasteiger partial charge in [0.25, 0.3) is 0 Å². The Morgan fingerprint density at radius 3 is 2.90 bits per heavy atom. The first-order valence-corrected chi connectivity index (χ1v) is 3.87. The second kappa shape index (κ2) is 3.22. The largest absolute Gasteiger partial charge is 0.327 e. The fourth-order valence-corrected chi connectivity index (χ4v) is 1.16. The first-order chi connectivity index (χ1) is 4.70. The van der Waals surface area contributed by atoms with Crippen molar-refractivity contribution in [3.05, 3.63) is 23.3 Å². The van der Waals surface area contributed by atoms with E-state index in [0.29, 0.717) is 5.92 Å². The summed E-state index contributed by atoms with van der Waals surface area (Å²) in [5, 5.41) is 0.830. The Kier molecular flexibility index (Phi) is 2.52. The molecule has 1 rings (SSSR count). The molecule has 2 atom stereocenters. The second-order valence-electron chi connectivity index (χ2n) is 2.71. The predicted molar refractivity (Wildman–Crippen MR) is 44.8 cm³/mol. The molecule has 2 heteroatoms. The molecular formula is C8H12ClN. The highest BCUT2D eigenvalue weighted by molar-refractivity contribution is 6.31. The first kappa shape index (κ1) is 7.83. The molecule has 0 radical (unpaired) electrons. The van der Waals surface area contributed by atoms with Crippen LogP contribution in [0.1, 0.15) is 13.3 Å². The lowest BCUT2D eigenvalue weighted by Crippen LogP contribution is -2.25. The van der Waals surface area contributed by atoms with Gasteiger partial charge in [0.1, 0.15) is 0 Å². The van der Waals surface area contributed by atoms with E-state index in [1.807, 2.05) is 19.1 Å². The van der Waals surface area contributed by atoms with Gasteiger partial charge in [0.2, 0.25) is 0 Å². The van der Waals surface area contributed by atoms with Gasteiger partial charge in [-0.2, -0.15) is 0 Å². The average Bonchev–Trinajstić information content (AvgIpc) is 1.88. The quantitative estimate of drug-likeness (QED) is 0.620. The number of hydrogen-bond donors (Lipinski definition) is 1. The zero-order chi connectivity index (χ0) is 7.56. The van der Waals surface area contributed by atoms with Gasteiger partial charge in [-0.3, -0.25) is 0 Å². The van der Waals surface area contributed by atoms with Crippen molar-refractivity contribution < 1.29 is 0 Å². The Morgan fingerprint density at radius 1 is 1.80 bits per heavy atom. The van der Waals surface area contributed by atoms with Crippen LogP contribution in [0.5, 0.6) is 0 Å². The SMILES string of the molecule is C[C@@H](N)C1C=CC(Cl)=CC1. The Labute approximate surface area is 66.6 Å². The standard InChI is InChI=1S/C8H12ClN/c1-6(10)7-2-4-8(9)5-3-7/h2,4-7H,3,10H2,1H3/t6-,7?/m1/s1. The van der Waals surface area contributed by atoms with E-state index >= 15 is 0 Å². The van der Waals surface area contributed by atoms with Crippen LogP contribution in [0.2, 0.25) is 0 Å². The summed E-state index contributed by atoms with van der Waals surface area (Å²) in [6.07, 6.45) is 6.98. The minimum atomic E-state index is 0.234. The van der Waals surface area contributed by atoms with Gasteiger partial charge < -0.3 is 5.73 Å². The van der Waals surface area contributed by atoms with E-state index in [1.165, 1.54) is 0 Å². The molecule has 0 aliphatic heterocycles. The molecule has 56 valence electrons. The monoisotopic (exact) mass is 157 g/mol. The third-order valence-electron chi connectivity index (χ3n) is 1.76. The number of hydrogen-bond acceptors (Lipinski definition) is 1. The van der Waals surface area contributed by atoms with Gasteiger partial charge in [0.05, 0.1) is 0 Å².